The van der Waals surface area contributed by atoms with Crippen molar-refractivity contribution in [2.24, 2.45) is 0 Å². The molecule has 5 rings (SSSR count). The Labute approximate surface area is 451 Å². The lowest BCUT2D eigenvalue weighted by Gasteiger charge is -2.36. The van der Waals surface area contributed by atoms with Crippen molar-refractivity contribution in [2.45, 2.75) is 205 Å². The molecular weight excluding hydrogens is 996 g/mol. The number of unbranched alkanes of at least 4 members (excludes halogenated alkanes) is 24. The predicted molar refractivity (Wildman–Crippen MR) is 295 cm³/mol. The quantitative estimate of drug-likeness (QED) is 0.0118. The van der Waals surface area contributed by atoms with E-state index in [0.29, 0.717) is 35.2 Å². The Hall–Kier alpha value is -4.73. The Morgan fingerprint density at radius 1 is 0.627 bits per heavy atom. The van der Waals surface area contributed by atoms with Crippen LogP contribution in [0.3, 0.4) is 0 Å². The van der Waals surface area contributed by atoms with Gasteiger partial charge in [0, 0.05) is 53.9 Å². The third-order valence-electron chi connectivity index (χ3n) is 13.8. The summed E-state index contributed by atoms with van der Waals surface area (Å²) in [4.78, 5) is 49.8. The van der Waals surface area contributed by atoms with E-state index in [1.165, 1.54) is 140 Å². The van der Waals surface area contributed by atoms with Crippen LogP contribution in [0.1, 0.15) is 221 Å². The van der Waals surface area contributed by atoms with Gasteiger partial charge in [-0.05, 0) is 61.5 Å². The zero-order valence-corrected chi connectivity index (χ0v) is 46.4. The largest absolute Gasteiger partial charge is 0.508 e. The van der Waals surface area contributed by atoms with E-state index in [1.54, 1.807) is 30.3 Å². The number of phosphoric ester groups is 1. The van der Waals surface area contributed by atoms with Crippen LogP contribution in [-0.4, -0.2) is 70.6 Å². The Morgan fingerprint density at radius 2 is 1.09 bits per heavy atom. The van der Waals surface area contributed by atoms with Crippen LogP contribution in [0.4, 0.5) is 5.69 Å². The topological polar surface area (TPSA) is 208 Å². The van der Waals surface area contributed by atoms with Gasteiger partial charge in [-0.1, -0.05) is 174 Å². The molecular formula is C58H85N2O13PS. The lowest BCUT2D eigenvalue weighted by Crippen LogP contribution is -2.33. The summed E-state index contributed by atoms with van der Waals surface area (Å²) >= 11 is 5.47. The minimum Gasteiger partial charge on any atom is -0.508 e. The van der Waals surface area contributed by atoms with Gasteiger partial charge in [-0.2, -0.15) is 0 Å². The second kappa shape index (κ2) is 33.4. The van der Waals surface area contributed by atoms with Gasteiger partial charge < -0.3 is 44.7 Å². The molecule has 3 aromatic rings. The number of thiocarbonyl (C=S) groups is 1. The fourth-order valence-electron chi connectivity index (χ4n) is 9.69. The molecule has 0 radical (unpaired) electrons. The van der Waals surface area contributed by atoms with Crippen molar-refractivity contribution in [2.75, 3.05) is 31.7 Å². The van der Waals surface area contributed by atoms with E-state index >= 15 is 0 Å². The number of phenolic OH excluding ortho intramolecular Hbond substituents is 2. The van der Waals surface area contributed by atoms with Gasteiger partial charge in [0.2, 0.25) is 0 Å². The number of carbonyl (C=O) groups excluding carboxylic acids is 3. The maximum Gasteiger partial charge on any atom is 0.472 e. The summed E-state index contributed by atoms with van der Waals surface area (Å²) < 4.78 is 46.7. The number of benzene rings is 3. The minimum atomic E-state index is -4.67. The first-order valence-corrected chi connectivity index (χ1v) is 30.0. The van der Waals surface area contributed by atoms with Gasteiger partial charge in [-0.3, -0.25) is 18.6 Å². The molecule has 2 atom stereocenters. The van der Waals surface area contributed by atoms with E-state index in [1.807, 2.05) is 0 Å². The Morgan fingerprint density at radius 3 is 1.60 bits per heavy atom. The molecule has 0 amide bonds. The summed E-state index contributed by atoms with van der Waals surface area (Å²) in [6.07, 6.45) is 30.0. The fraction of sp³-hybridized carbons (Fsp3) is 0.621. The third kappa shape index (κ3) is 21.0. The predicted octanol–water partition coefficient (Wildman–Crippen LogP) is 14.5. The molecule has 2 unspecified atom stereocenters. The van der Waals surface area contributed by atoms with Crippen LogP contribution in [0.15, 0.2) is 54.6 Å². The molecule has 0 aliphatic carbocycles. The first-order valence-electron chi connectivity index (χ1n) is 28.1. The van der Waals surface area contributed by atoms with Crippen molar-refractivity contribution >= 4 is 48.7 Å². The van der Waals surface area contributed by atoms with E-state index in [9.17, 15) is 34.1 Å². The molecule has 0 saturated heterocycles. The van der Waals surface area contributed by atoms with Crippen molar-refractivity contribution in [1.29, 1.82) is 0 Å². The summed E-state index contributed by atoms with van der Waals surface area (Å²) in [5.41, 5.74) is 0.767. The number of carbonyl (C=O) groups is 3. The highest BCUT2D eigenvalue weighted by Gasteiger charge is 2.53. The molecule has 0 aromatic heterocycles. The number of esters is 3. The van der Waals surface area contributed by atoms with Gasteiger partial charge >= 0.3 is 25.7 Å². The number of phosphoric acid groups is 1. The molecule has 2 heterocycles. The molecule has 2 aliphatic rings. The summed E-state index contributed by atoms with van der Waals surface area (Å²) in [5.74, 6) is -1.13. The number of hydrogen-bond donors (Lipinski definition) is 5. The van der Waals surface area contributed by atoms with Crippen molar-refractivity contribution in [3.05, 3.63) is 76.9 Å². The van der Waals surface area contributed by atoms with E-state index in [4.69, 9.17) is 40.2 Å². The molecule has 0 fully saturated rings. The van der Waals surface area contributed by atoms with Crippen molar-refractivity contribution < 1.29 is 62.1 Å². The van der Waals surface area contributed by atoms with Crippen molar-refractivity contribution in [3.8, 4) is 23.0 Å². The smallest absolute Gasteiger partial charge is 0.472 e. The molecule has 5 N–H and O–H groups in total. The van der Waals surface area contributed by atoms with Crippen LogP contribution in [0.2, 0.25) is 0 Å². The zero-order valence-electron chi connectivity index (χ0n) is 44.7. The average Bonchev–Trinajstić information content (AvgIpc) is 3.66. The standard InChI is InChI=1S/C58H85N2O13PS/c1-3-5-7-9-11-13-15-17-19-21-23-25-27-29-54(63)68-42-47(71-55(64)30-28-26-24-22-20-18-16-14-12-10-8-6-4-2)43-70-74(66,67)69-38-37-59-57(75)60-44-31-34-49-48(39-44)56(65)73-58(49)50-35-32-45(61)40-52(50)72-53-41-46(62)33-36-51(53)58/h31-36,39-41,47,61-62H,3-30,37-38,42-43H2,1-2H3,(H,66,67)(H2,59,60,75). The Bertz CT molecular complexity index is 2240. The molecule has 1 spiro atoms. The summed E-state index contributed by atoms with van der Waals surface area (Å²) in [7, 11) is -4.67. The molecule has 75 heavy (non-hydrogen) atoms. The molecule has 0 saturated carbocycles. The monoisotopic (exact) mass is 1080 g/mol. The lowest BCUT2D eigenvalue weighted by molar-refractivity contribution is -0.161. The van der Waals surface area contributed by atoms with E-state index in [2.05, 4.69) is 24.5 Å². The number of hydrogen-bond acceptors (Lipinski definition) is 13. The Kier molecular flexibility index (Phi) is 27.2. The highest BCUT2D eigenvalue weighted by Crippen LogP contribution is 2.57. The van der Waals surface area contributed by atoms with Crippen LogP contribution >= 0.6 is 20.0 Å². The maximum absolute atomic E-state index is 13.5. The molecule has 15 nitrogen and oxygen atoms in total. The molecule has 0 bridgehead atoms. The number of fused-ring (bicyclic) bond motifs is 6. The number of rotatable bonds is 39. The molecule has 3 aromatic carbocycles. The second-order valence-electron chi connectivity index (χ2n) is 20.1. The number of phenols is 2. The summed E-state index contributed by atoms with van der Waals surface area (Å²) in [6.45, 7) is 3.29. The second-order valence-corrected chi connectivity index (χ2v) is 21.9. The lowest BCUT2D eigenvalue weighted by atomic mass is 9.77. The van der Waals surface area contributed by atoms with E-state index < -0.39 is 44.0 Å². The molecule has 416 valence electrons. The first kappa shape index (κ1) is 61.1. The maximum atomic E-state index is 13.5. The Balaban J connectivity index is 1.04. The molecule has 17 heteroatoms. The molecule has 2 aliphatic heterocycles. The van der Waals surface area contributed by atoms with Gasteiger partial charge in [0.1, 0.15) is 29.6 Å². The van der Waals surface area contributed by atoms with Crippen LogP contribution < -0.4 is 15.4 Å². The van der Waals surface area contributed by atoms with E-state index in [0.717, 1.165) is 38.5 Å². The van der Waals surface area contributed by atoms with Crippen LogP contribution in [0.5, 0.6) is 23.0 Å². The van der Waals surface area contributed by atoms with Crippen molar-refractivity contribution in [3.63, 3.8) is 0 Å². The van der Waals surface area contributed by atoms with E-state index in [-0.39, 0.29) is 66.3 Å². The first-order chi connectivity index (χ1) is 36.3. The SMILES string of the molecule is CCCCCCCCCCCCCCCC(=O)OCC(COP(=O)(O)OCCNC(=S)Nc1ccc2c(c1)C(=O)OC21c2ccc(O)cc2Oc2cc(O)ccc21)OC(=O)CCCCCCCCCCCCCCC. The summed E-state index contributed by atoms with van der Waals surface area (Å²) in [6, 6.07) is 14.0. The van der Waals surface area contributed by atoms with Gasteiger partial charge in [0.05, 0.1) is 18.8 Å². The van der Waals surface area contributed by atoms with Gasteiger partial charge in [0.25, 0.3) is 0 Å². The van der Waals surface area contributed by atoms with Gasteiger partial charge in [0.15, 0.2) is 16.8 Å². The zero-order chi connectivity index (χ0) is 53.7. The van der Waals surface area contributed by atoms with Crippen molar-refractivity contribution in [1.82, 2.24) is 5.32 Å². The number of aromatic hydroxyl groups is 2. The van der Waals surface area contributed by atoms with Crippen LogP contribution in [-0.2, 0) is 43.0 Å². The van der Waals surface area contributed by atoms with Gasteiger partial charge in [-0.15, -0.1) is 0 Å². The highest BCUT2D eigenvalue weighted by molar-refractivity contribution is 7.80. The average molecular weight is 1080 g/mol. The number of ether oxygens (including phenoxy) is 4. The third-order valence-corrected chi connectivity index (χ3v) is 15.0. The highest BCUT2D eigenvalue weighted by atomic mass is 32.1. The summed E-state index contributed by atoms with van der Waals surface area (Å²) in [5, 5.41) is 26.5. The van der Waals surface area contributed by atoms with Crippen LogP contribution in [0, 0.1) is 0 Å². The van der Waals surface area contributed by atoms with Gasteiger partial charge in [-0.25, -0.2) is 9.36 Å². The number of nitrogens with one attached hydrogen (secondary N) is 2. The van der Waals surface area contributed by atoms with Crippen LogP contribution in [0.25, 0.3) is 0 Å². The number of anilines is 1. The normalized spacial score (nSPS) is 14.2. The fourth-order valence-corrected chi connectivity index (χ4v) is 10.7. The minimum absolute atomic E-state index is 0.0164.